The van der Waals surface area contributed by atoms with Gasteiger partial charge in [-0.05, 0) is 0 Å². The van der Waals surface area contributed by atoms with Crippen molar-refractivity contribution in [3.8, 4) is 0 Å². The molecule has 1 radical (unpaired) electrons. The third kappa shape index (κ3) is 22.0. The van der Waals surface area contributed by atoms with Crippen LogP contribution in [0.5, 0.6) is 0 Å². The fraction of sp³-hybridized carbons (Fsp3) is 0. The van der Waals surface area contributed by atoms with E-state index in [1.807, 2.05) is 0 Å². The molecule has 5 heavy (non-hydrogen) atoms. The Bertz CT molecular complexity index is 11.6. The normalized spacial score (nSPS) is 0.600. The van der Waals surface area contributed by atoms with Gasteiger partial charge in [0.05, 0.1) is 0 Å². The van der Waals surface area contributed by atoms with Crippen molar-refractivity contribution in [1.29, 1.82) is 0 Å². The minimum atomic E-state index is 0. The molecule has 34 valence electrons. The van der Waals surface area contributed by atoms with E-state index in [0.29, 0.717) is 0 Å². The second-order valence-corrected chi connectivity index (χ2v) is 0. The monoisotopic (exact) mass is 368 g/mol. The van der Waals surface area contributed by atoms with Gasteiger partial charge in [0, 0.05) is 16.8 Å². The Morgan fingerprint density at radius 2 is 1.20 bits per heavy atom. The van der Waals surface area contributed by atoms with Crippen LogP contribution in [-0.2, 0) is 37.8 Å². The van der Waals surface area contributed by atoms with Crippen LogP contribution in [0.3, 0.4) is 0 Å². The Labute approximate surface area is 80.3 Å². The molecular formula is H6AlBiCoOV. The zero-order chi connectivity index (χ0) is 2.00. The summed E-state index contributed by atoms with van der Waals surface area (Å²) in [6.45, 7) is 0. The second kappa shape index (κ2) is 33.4. The molecule has 0 N–H and O–H groups in total. The molecule has 0 saturated heterocycles. The first-order valence-electron chi connectivity index (χ1n) is 0.183. The first-order chi connectivity index (χ1) is 1.00. The van der Waals surface area contributed by atoms with Crippen molar-refractivity contribution >= 4 is 43.6 Å². The molecule has 0 fully saturated rings. The molecule has 0 aliphatic rings. The van der Waals surface area contributed by atoms with E-state index in [9.17, 15) is 0 Å². The molecule has 0 aliphatic carbocycles. The fourth-order valence-corrected chi connectivity index (χ4v) is 0. The standard InChI is InChI=1S/Al.Bi.Co.O.V.6H. The average molecular weight is 368 g/mol. The Morgan fingerprint density at radius 1 is 1.20 bits per heavy atom. The van der Waals surface area contributed by atoms with Crippen LogP contribution in [0.4, 0.5) is 0 Å². The van der Waals surface area contributed by atoms with Crippen LogP contribution in [0.15, 0.2) is 0 Å². The van der Waals surface area contributed by atoms with Gasteiger partial charge in [0.2, 0.25) is 0 Å². The van der Waals surface area contributed by atoms with Crippen molar-refractivity contribution in [3.63, 3.8) is 0 Å². The van der Waals surface area contributed by atoms with Crippen molar-refractivity contribution in [2.24, 2.45) is 0 Å². The topological polar surface area (TPSA) is 17.1 Å². The maximum atomic E-state index is 8.19. The van der Waals surface area contributed by atoms with E-state index in [4.69, 9.17) is 3.67 Å². The number of rotatable bonds is 0. The van der Waals surface area contributed by atoms with Gasteiger partial charge in [-0.1, -0.05) is 0 Å². The van der Waals surface area contributed by atoms with Crippen LogP contribution in [0.25, 0.3) is 0 Å². The molecule has 1 nitrogen and oxygen atoms in total. The molecule has 0 amide bonds. The van der Waals surface area contributed by atoms with E-state index < -0.39 is 0 Å². The van der Waals surface area contributed by atoms with E-state index in [-0.39, 0.29) is 60.3 Å². The summed E-state index contributed by atoms with van der Waals surface area (Å²) in [5, 5.41) is 0. The number of hydrogen-bond acceptors (Lipinski definition) is 1. The maximum absolute atomic E-state index is 8.19. The average Bonchev–Trinajstić information content (AvgIpc) is 1.00. The van der Waals surface area contributed by atoms with E-state index >= 15 is 0 Å². The van der Waals surface area contributed by atoms with E-state index in [1.54, 1.807) is 0 Å². The van der Waals surface area contributed by atoms with Gasteiger partial charge in [0.1, 0.15) is 0 Å². The molecule has 0 saturated carbocycles. The summed E-state index contributed by atoms with van der Waals surface area (Å²) in [6, 6.07) is 0. The number of hydrogen-bond donors (Lipinski definition) is 0. The molecule has 5 heteroatoms. The Morgan fingerprint density at radius 3 is 1.20 bits per heavy atom. The summed E-state index contributed by atoms with van der Waals surface area (Å²) < 4.78 is 8.19. The minimum absolute atomic E-state index is 0. The summed E-state index contributed by atoms with van der Waals surface area (Å²) in [7, 11) is 0. The molecule has 0 aromatic heterocycles. The van der Waals surface area contributed by atoms with E-state index in [0.717, 1.165) is 17.4 Å². The van der Waals surface area contributed by atoms with Gasteiger partial charge < -0.3 is 0 Å². The predicted octanol–water partition coefficient (Wildman–Crippen LogP) is -2.49. The Balaban J connectivity index is -0.00000000167. The molecule has 0 heterocycles. The molecule has 0 spiro atoms. The summed E-state index contributed by atoms with van der Waals surface area (Å²) in [5.41, 5.74) is 0. The third-order valence-corrected chi connectivity index (χ3v) is 0. The Hall–Kier alpha value is 2.31. The zero-order valence-electron chi connectivity index (χ0n) is 1.90. The van der Waals surface area contributed by atoms with Gasteiger partial charge in [0.25, 0.3) is 0 Å². The molecule has 0 aliphatic heterocycles. The van der Waals surface area contributed by atoms with Crippen LogP contribution in [0, 0.1) is 0 Å². The summed E-state index contributed by atoms with van der Waals surface area (Å²) in [4.78, 5) is 0. The van der Waals surface area contributed by atoms with Crippen LogP contribution in [-0.4, -0.2) is 43.6 Å². The Kier molecular flexibility index (Phi) is 177. The SMILES string of the molecule is [AlH3].[BiH3].[Co].[O]=[V]. The van der Waals surface area contributed by atoms with Crippen molar-refractivity contribution in [1.82, 2.24) is 0 Å². The van der Waals surface area contributed by atoms with Gasteiger partial charge in [-0.2, -0.15) is 0 Å². The first kappa shape index (κ1) is 26.6. The summed E-state index contributed by atoms with van der Waals surface area (Å²) in [6.07, 6.45) is 0. The van der Waals surface area contributed by atoms with Gasteiger partial charge in [-0.3, -0.25) is 0 Å². The predicted molar refractivity (Wildman–Crippen MR) is 20.6 cm³/mol. The van der Waals surface area contributed by atoms with Gasteiger partial charge in [0.15, 0.2) is 17.4 Å². The molecular weight excluding hydrogens is 362 g/mol. The molecule has 0 rings (SSSR count). The van der Waals surface area contributed by atoms with Crippen molar-refractivity contribution in [3.05, 3.63) is 0 Å². The quantitative estimate of drug-likeness (QED) is 0.433. The van der Waals surface area contributed by atoms with Gasteiger partial charge in [-0.15, -0.1) is 0 Å². The molecule has 0 unspecified atom stereocenters. The van der Waals surface area contributed by atoms with Crippen molar-refractivity contribution in [2.75, 3.05) is 0 Å². The van der Waals surface area contributed by atoms with Crippen LogP contribution < -0.4 is 0 Å². The molecule has 0 aromatic carbocycles. The van der Waals surface area contributed by atoms with Gasteiger partial charge >= 0.3 is 47.2 Å². The first-order valence-corrected chi connectivity index (χ1v) is 0.753. The van der Waals surface area contributed by atoms with Crippen LogP contribution >= 0.6 is 0 Å². The van der Waals surface area contributed by atoms with E-state index in [1.165, 1.54) is 0 Å². The van der Waals surface area contributed by atoms with Gasteiger partial charge in [-0.25, -0.2) is 0 Å². The van der Waals surface area contributed by atoms with Crippen LogP contribution in [0.2, 0.25) is 0 Å². The van der Waals surface area contributed by atoms with Crippen molar-refractivity contribution in [2.45, 2.75) is 0 Å². The second-order valence-electron chi connectivity index (χ2n) is 0. The summed E-state index contributed by atoms with van der Waals surface area (Å²) >= 11 is 1.06. The molecule has 0 atom stereocenters. The fourth-order valence-electron chi connectivity index (χ4n) is 0. The van der Waals surface area contributed by atoms with Crippen molar-refractivity contribution < 1.29 is 37.8 Å². The van der Waals surface area contributed by atoms with Crippen LogP contribution in [0.1, 0.15) is 0 Å². The third-order valence-electron chi connectivity index (χ3n) is 0. The molecule has 0 aromatic rings. The zero-order valence-corrected chi connectivity index (χ0v) is 9.83. The van der Waals surface area contributed by atoms with E-state index in [2.05, 4.69) is 0 Å². The summed E-state index contributed by atoms with van der Waals surface area (Å²) in [5.74, 6) is 0. The molecule has 0 bridgehead atoms.